The summed E-state index contributed by atoms with van der Waals surface area (Å²) in [6, 6.07) is 23.9. The van der Waals surface area contributed by atoms with Gasteiger partial charge in [-0.1, -0.05) is 30.3 Å². The SMILES string of the molecule is CCN(c1cc(-c2ccc(OCCOCCCc3cnc4c(c3)c3ccccc3n4C3CCC(=O)NC3=O)cc2)cc(C(=O)NCc2c(C)cc(C)[nH]c2=O)c1C)C1CCOCC1. The maximum absolute atomic E-state index is 13.9. The molecule has 2 saturated heterocycles. The highest BCUT2D eigenvalue weighted by Gasteiger charge is 2.31. The summed E-state index contributed by atoms with van der Waals surface area (Å²) >= 11 is 0. The molecule has 1 unspecified atom stereocenters. The number of hydrogen-bond donors (Lipinski definition) is 3. The number of aryl methyl sites for hydroxylation is 3. The summed E-state index contributed by atoms with van der Waals surface area (Å²) in [7, 11) is 0. The van der Waals surface area contributed by atoms with Gasteiger partial charge in [-0.25, -0.2) is 4.98 Å². The lowest BCUT2D eigenvalue weighted by Crippen LogP contribution is -2.41. The van der Waals surface area contributed by atoms with Crippen LogP contribution in [0.2, 0.25) is 0 Å². The van der Waals surface area contributed by atoms with E-state index in [9.17, 15) is 19.2 Å². The molecule has 3 N–H and O–H groups in total. The molecule has 0 bridgehead atoms. The molecular weight excluding hydrogens is 797 g/mol. The predicted molar refractivity (Wildman–Crippen MR) is 244 cm³/mol. The van der Waals surface area contributed by atoms with Gasteiger partial charge in [0.25, 0.3) is 11.5 Å². The summed E-state index contributed by atoms with van der Waals surface area (Å²) in [4.78, 5) is 61.4. The van der Waals surface area contributed by atoms with E-state index >= 15 is 0 Å². The first kappa shape index (κ1) is 43.3. The molecule has 63 heavy (non-hydrogen) atoms. The number of anilines is 1. The number of nitrogens with zero attached hydrogens (tertiary/aromatic N) is 3. The number of hydrogen-bond acceptors (Lipinski definition) is 9. The van der Waals surface area contributed by atoms with E-state index < -0.39 is 6.04 Å². The van der Waals surface area contributed by atoms with Gasteiger partial charge in [0.05, 0.1) is 12.1 Å². The molecule has 8 rings (SSSR count). The molecule has 0 spiro atoms. The zero-order valence-corrected chi connectivity index (χ0v) is 36.6. The number of pyridine rings is 2. The molecule has 0 aliphatic carbocycles. The third-order valence-corrected chi connectivity index (χ3v) is 12.4. The first-order valence-corrected chi connectivity index (χ1v) is 22.1. The molecular formula is C50H56N6O7. The van der Waals surface area contributed by atoms with Crippen molar-refractivity contribution in [3.05, 3.63) is 123 Å². The van der Waals surface area contributed by atoms with Crippen molar-refractivity contribution in [1.29, 1.82) is 0 Å². The number of para-hydroxylation sites is 1. The van der Waals surface area contributed by atoms with E-state index in [1.807, 2.05) is 92.2 Å². The van der Waals surface area contributed by atoms with Crippen molar-refractivity contribution in [2.75, 3.05) is 44.5 Å². The van der Waals surface area contributed by atoms with Crippen LogP contribution in [0.5, 0.6) is 5.75 Å². The summed E-state index contributed by atoms with van der Waals surface area (Å²) in [5.74, 6) is -0.0360. The first-order valence-electron chi connectivity index (χ1n) is 22.1. The normalized spacial score (nSPS) is 15.8. The van der Waals surface area contributed by atoms with Crippen LogP contribution in [-0.4, -0.2) is 77.9 Å². The second-order valence-electron chi connectivity index (χ2n) is 16.6. The van der Waals surface area contributed by atoms with Crippen LogP contribution in [0.4, 0.5) is 5.69 Å². The number of fused-ring (bicyclic) bond motifs is 3. The summed E-state index contributed by atoms with van der Waals surface area (Å²) in [6.07, 6.45) is 6.04. The van der Waals surface area contributed by atoms with Gasteiger partial charge >= 0.3 is 0 Å². The average molecular weight is 853 g/mol. The number of carbonyl (C=O) groups is 3. The zero-order valence-electron chi connectivity index (χ0n) is 36.6. The Morgan fingerprint density at radius 3 is 2.48 bits per heavy atom. The Hall–Kier alpha value is -6.31. The molecule has 328 valence electrons. The Balaban J connectivity index is 0.885. The first-order chi connectivity index (χ1) is 30.6. The lowest BCUT2D eigenvalue weighted by molar-refractivity contribution is -0.135. The van der Waals surface area contributed by atoms with E-state index in [2.05, 4.69) is 39.6 Å². The van der Waals surface area contributed by atoms with E-state index in [-0.39, 0.29) is 29.8 Å². The van der Waals surface area contributed by atoms with Gasteiger partial charge < -0.3 is 34.0 Å². The van der Waals surface area contributed by atoms with Crippen LogP contribution in [0, 0.1) is 20.8 Å². The molecule has 5 heterocycles. The second-order valence-corrected chi connectivity index (χ2v) is 16.6. The van der Waals surface area contributed by atoms with Crippen molar-refractivity contribution in [2.45, 2.75) is 84.8 Å². The van der Waals surface area contributed by atoms with E-state index in [1.165, 1.54) is 0 Å². The standard InChI is InChI=1S/C50H56N6O7/c1-5-55(37-18-21-62-22-19-37)45-28-36(27-40(33(45)4)48(58)52-30-42-31(2)25-32(3)53-49(42)59)35-12-14-38(15-13-35)63-24-23-61-20-8-9-34-26-41-39-10-6-7-11-43(39)56(47(41)51-29-34)44-16-17-46(57)54-50(44)60/h6-7,10-15,25-29,37,44H,5,8-9,16-24,30H2,1-4H3,(H,52,58)(H,53,59)(H,54,57,60). The number of aromatic amines is 1. The highest BCUT2D eigenvalue weighted by Crippen LogP contribution is 2.36. The maximum Gasteiger partial charge on any atom is 0.253 e. The lowest BCUT2D eigenvalue weighted by Gasteiger charge is -2.37. The lowest BCUT2D eigenvalue weighted by atomic mass is 9.95. The number of piperidine rings is 1. The molecule has 1 atom stereocenters. The van der Waals surface area contributed by atoms with Crippen LogP contribution in [0.25, 0.3) is 33.1 Å². The fourth-order valence-corrected chi connectivity index (χ4v) is 9.13. The molecule has 6 aromatic rings. The predicted octanol–water partition coefficient (Wildman–Crippen LogP) is 7.41. The molecule has 3 amide bonds. The minimum absolute atomic E-state index is 0.128. The topological polar surface area (TPSA) is 157 Å². The van der Waals surface area contributed by atoms with Crippen molar-refractivity contribution in [3.8, 4) is 16.9 Å². The summed E-state index contributed by atoms with van der Waals surface area (Å²) in [5.41, 5.74) is 9.09. The van der Waals surface area contributed by atoms with E-state index in [4.69, 9.17) is 19.2 Å². The van der Waals surface area contributed by atoms with E-state index in [0.29, 0.717) is 63.0 Å². The van der Waals surface area contributed by atoms with Gasteiger partial charge in [0.2, 0.25) is 11.8 Å². The van der Waals surface area contributed by atoms with Crippen LogP contribution >= 0.6 is 0 Å². The molecule has 0 radical (unpaired) electrons. The van der Waals surface area contributed by atoms with E-state index in [1.54, 1.807) is 0 Å². The smallest absolute Gasteiger partial charge is 0.253 e. The number of benzene rings is 3. The molecule has 2 fully saturated rings. The third-order valence-electron chi connectivity index (χ3n) is 12.4. The molecule has 13 heteroatoms. The quantitative estimate of drug-likeness (QED) is 0.0667. The second kappa shape index (κ2) is 19.4. The van der Waals surface area contributed by atoms with Crippen LogP contribution in [-0.2, 0) is 32.0 Å². The number of carbonyl (C=O) groups excluding carboxylic acids is 3. The van der Waals surface area contributed by atoms with Crippen molar-refractivity contribution in [2.24, 2.45) is 0 Å². The molecule has 13 nitrogen and oxygen atoms in total. The van der Waals surface area contributed by atoms with Crippen LogP contribution in [0.3, 0.4) is 0 Å². The highest BCUT2D eigenvalue weighted by atomic mass is 16.5. The number of amides is 3. The van der Waals surface area contributed by atoms with Gasteiger partial charge in [0.1, 0.15) is 24.0 Å². The average Bonchev–Trinajstić information content (AvgIpc) is 3.60. The van der Waals surface area contributed by atoms with Crippen LogP contribution < -0.4 is 25.8 Å². The van der Waals surface area contributed by atoms with Gasteiger partial charge in [0, 0.05) is 84.9 Å². The van der Waals surface area contributed by atoms with E-state index in [0.717, 1.165) is 99.1 Å². The Morgan fingerprint density at radius 2 is 1.71 bits per heavy atom. The maximum atomic E-state index is 13.9. The molecule has 2 aliphatic heterocycles. The fraction of sp³-hybridized carbons (Fsp3) is 0.380. The zero-order chi connectivity index (χ0) is 44.0. The molecule has 0 saturated carbocycles. The number of nitrogens with one attached hydrogen (secondary N) is 3. The number of rotatable bonds is 16. The van der Waals surface area contributed by atoms with Gasteiger partial charge in [0.15, 0.2) is 0 Å². The Morgan fingerprint density at radius 1 is 0.921 bits per heavy atom. The minimum atomic E-state index is -0.485. The summed E-state index contributed by atoms with van der Waals surface area (Å²) < 4.78 is 19.7. The third kappa shape index (κ3) is 9.54. The minimum Gasteiger partial charge on any atom is -0.491 e. The van der Waals surface area contributed by atoms with Crippen molar-refractivity contribution >= 4 is 45.3 Å². The Kier molecular flexibility index (Phi) is 13.3. The summed E-state index contributed by atoms with van der Waals surface area (Å²) in [5, 5.41) is 7.53. The molecule has 2 aliphatic rings. The Labute approximate surface area is 367 Å². The van der Waals surface area contributed by atoms with Crippen molar-refractivity contribution in [3.63, 3.8) is 0 Å². The fourth-order valence-electron chi connectivity index (χ4n) is 9.13. The largest absolute Gasteiger partial charge is 0.491 e. The van der Waals surface area contributed by atoms with Gasteiger partial charge in [-0.15, -0.1) is 0 Å². The number of H-pyrrole nitrogens is 1. The molecule has 3 aromatic heterocycles. The monoisotopic (exact) mass is 852 g/mol. The van der Waals surface area contributed by atoms with Crippen LogP contribution in [0.15, 0.2) is 83.8 Å². The number of imide groups is 1. The number of aromatic nitrogens is 3. The van der Waals surface area contributed by atoms with Crippen molar-refractivity contribution in [1.82, 2.24) is 25.2 Å². The molecule has 3 aromatic carbocycles. The summed E-state index contributed by atoms with van der Waals surface area (Å²) in [6.45, 7) is 11.6. The van der Waals surface area contributed by atoms with Gasteiger partial charge in [-0.05, 0) is 130 Å². The number of ether oxygens (including phenoxy) is 3. The van der Waals surface area contributed by atoms with Gasteiger partial charge in [-0.3, -0.25) is 24.5 Å². The van der Waals surface area contributed by atoms with Crippen molar-refractivity contribution < 1.29 is 28.6 Å². The van der Waals surface area contributed by atoms with Crippen LogP contribution in [0.1, 0.15) is 83.4 Å². The Bertz CT molecular complexity index is 2700. The van der Waals surface area contributed by atoms with Gasteiger partial charge in [-0.2, -0.15) is 0 Å². The highest BCUT2D eigenvalue weighted by molar-refractivity contribution is 6.09.